The zero-order chi connectivity index (χ0) is 13.1. The molecular formula is C12H11Cl2FN2S. The van der Waals surface area contributed by atoms with E-state index in [1.54, 1.807) is 23.0 Å². The van der Waals surface area contributed by atoms with Gasteiger partial charge in [-0.05, 0) is 24.6 Å². The lowest BCUT2D eigenvalue weighted by Gasteiger charge is -2.15. The van der Waals surface area contributed by atoms with Crippen molar-refractivity contribution >= 4 is 34.5 Å². The van der Waals surface area contributed by atoms with Gasteiger partial charge in [-0.1, -0.05) is 23.2 Å². The van der Waals surface area contributed by atoms with E-state index < -0.39 is 5.82 Å². The molecule has 0 aliphatic rings. The van der Waals surface area contributed by atoms with Gasteiger partial charge in [0, 0.05) is 28.7 Å². The fraction of sp³-hybridized carbons (Fsp3) is 0.250. The van der Waals surface area contributed by atoms with E-state index in [9.17, 15) is 4.39 Å². The molecule has 96 valence electrons. The molecule has 2 nitrogen and oxygen atoms in total. The molecule has 1 unspecified atom stereocenters. The number of hydrogen-bond acceptors (Lipinski definition) is 3. The number of rotatable bonds is 4. The number of hydrogen-bond donors (Lipinski definition) is 1. The number of nitrogens with one attached hydrogen (secondary N) is 1. The predicted molar refractivity (Wildman–Crippen MR) is 73.8 cm³/mol. The second-order valence-electron chi connectivity index (χ2n) is 3.86. The summed E-state index contributed by atoms with van der Waals surface area (Å²) in [6.07, 6.45) is 1.80. The van der Waals surface area contributed by atoms with Crippen molar-refractivity contribution < 1.29 is 4.39 Å². The van der Waals surface area contributed by atoms with Gasteiger partial charge in [-0.25, -0.2) is 4.39 Å². The van der Waals surface area contributed by atoms with Crippen molar-refractivity contribution in [3.63, 3.8) is 0 Å². The molecule has 0 fully saturated rings. The summed E-state index contributed by atoms with van der Waals surface area (Å²) in [4.78, 5) is 5.11. The van der Waals surface area contributed by atoms with Crippen LogP contribution in [-0.2, 0) is 6.54 Å². The first-order chi connectivity index (χ1) is 8.58. The molecule has 1 atom stereocenters. The minimum atomic E-state index is -0.456. The Morgan fingerprint density at radius 3 is 2.83 bits per heavy atom. The van der Waals surface area contributed by atoms with Crippen molar-refractivity contribution in [3.05, 3.63) is 50.1 Å². The average Bonchev–Trinajstić information content (AvgIpc) is 2.84. The maximum absolute atomic E-state index is 13.4. The van der Waals surface area contributed by atoms with E-state index in [2.05, 4.69) is 10.3 Å². The Bertz CT molecular complexity index is 531. The fourth-order valence-electron chi connectivity index (χ4n) is 1.56. The highest BCUT2D eigenvalue weighted by Crippen LogP contribution is 2.28. The third kappa shape index (κ3) is 3.20. The molecule has 0 amide bonds. The number of thiazole rings is 1. The van der Waals surface area contributed by atoms with Crippen LogP contribution >= 0.6 is 34.5 Å². The highest BCUT2D eigenvalue weighted by atomic mass is 35.5. The SMILES string of the molecule is CC(NCc1cncs1)c1cc(F)c(Cl)cc1Cl. The minimum Gasteiger partial charge on any atom is -0.305 e. The zero-order valence-corrected chi connectivity index (χ0v) is 11.9. The molecule has 1 aromatic heterocycles. The Kier molecular flexibility index (Phi) is 4.56. The van der Waals surface area contributed by atoms with Crippen LogP contribution in [0.5, 0.6) is 0 Å². The summed E-state index contributed by atoms with van der Waals surface area (Å²) in [5.74, 6) is -0.456. The Balaban J connectivity index is 2.09. The van der Waals surface area contributed by atoms with E-state index in [0.29, 0.717) is 17.1 Å². The first-order valence-corrected chi connectivity index (χ1v) is 6.96. The molecule has 2 aromatic rings. The molecule has 0 aliphatic carbocycles. The monoisotopic (exact) mass is 304 g/mol. The zero-order valence-electron chi connectivity index (χ0n) is 9.58. The maximum Gasteiger partial charge on any atom is 0.142 e. The van der Waals surface area contributed by atoms with Crippen LogP contribution in [0, 0.1) is 5.82 Å². The summed E-state index contributed by atoms with van der Waals surface area (Å²) in [6, 6.07) is 2.74. The van der Waals surface area contributed by atoms with Gasteiger partial charge < -0.3 is 5.32 Å². The predicted octanol–water partition coefficient (Wildman–Crippen LogP) is 4.44. The fourth-order valence-corrected chi connectivity index (χ4v) is 2.66. The van der Waals surface area contributed by atoms with Crippen molar-refractivity contribution in [3.8, 4) is 0 Å². The summed E-state index contributed by atoms with van der Waals surface area (Å²) < 4.78 is 13.4. The third-order valence-electron chi connectivity index (χ3n) is 2.57. The van der Waals surface area contributed by atoms with E-state index in [0.717, 1.165) is 4.88 Å². The standard InChI is InChI=1S/C12H11Cl2FN2S/c1-7(17-5-8-4-16-6-18-8)9-2-12(15)11(14)3-10(9)13/h2-4,6-7,17H,5H2,1H3. The molecular weight excluding hydrogens is 294 g/mol. The Morgan fingerprint density at radius 2 is 2.17 bits per heavy atom. The molecule has 2 rings (SSSR count). The van der Waals surface area contributed by atoms with Crippen LogP contribution in [0.15, 0.2) is 23.8 Å². The smallest absolute Gasteiger partial charge is 0.142 e. The molecule has 0 saturated heterocycles. The number of nitrogens with zero attached hydrogens (tertiary/aromatic N) is 1. The summed E-state index contributed by atoms with van der Waals surface area (Å²) in [5, 5.41) is 3.77. The lowest BCUT2D eigenvalue weighted by atomic mass is 10.1. The van der Waals surface area contributed by atoms with Crippen LogP contribution in [0.1, 0.15) is 23.4 Å². The van der Waals surface area contributed by atoms with Gasteiger partial charge in [-0.2, -0.15) is 0 Å². The molecule has 18 heavy (non-hydrogen) atoms. The van der Waals surface area contributed by atoms with Crippen molar-refractivity contribution in [1.82, 2.24) is 10.3 Å². The van der Waals surface area contributed by atoms with Crippen LogP contribution in [-0.4, -0.2) is 4.98 Å². The summed E-state index contributed by atoms with van der Waals surface area (Å²) in [5.41, 5.74) is 2.47. The molecule has 6 heteroatoms. The van der Waals surface area contributed by atoms with E-state index in [4.69, 9.17) is 23.2 Å². The van der Waals surface area contributed by atoms with Crippen molar-refractivity contribution in [2.45, 2.75) is 19.5 Å². The molecule has 0 bridgehead atoms. The van der Waals surface area contributed by atoms with E-state index in [1.807, 2.05) is 6.92 Å². The van der Waals surface area contributed by atoms with Crippen molar-refractivity contribution in [2.24, 2.45) is 0 Å². The molecule has 1 N–H and O–H groups in total. The van der Waals surface area contributed by atoms with Gasteiger partial charge in [0.1, 0.15) is 5.82 Å². The van der Waals surface area contributed by atoms with Gasteiger partial charge in [-0.15, -0.1) is 11.3 Å². The van der Waals surface area contributed by atoms with Crippen LogP contribution < -0.4 is 5.32 Å². The highest BCUT2D eigenvalue weighted by molar-refractivity contribution is 7.09. The third-order valence-corrected chi connectivity index (χ3v) is 3.97. The molecule has 1 aromatic carbocycles. The Labute approximate surface area is 119 Å². The van der Waals surface area contributed by atoms with Gasteiger partial charge in [0.15, 0.2) is 0 Å². The molecule has 0 saturated carbocycles. The van der Waals surface area contributed by atoms with Crippen molar-refractivity contribution in [2.75, 3.05) is 0 Å². The number of aromatic nitrogens is 1. The second-order valence-corrected chi connectivity index (χ2v) is 5.64. The van der Waals surface area contributed by atoms with E-state index >= 15 is 0 Å². The average molecular weight is 305 g/mol. The first-order valence-electron chi connectivity index (χ1n) is 5.33. The van der Waals surface area contributed by atoms with Gasteiger partial charge in [-0.3, -0.25) is 4.98 Å². The Morgan fingerprint density at radius 1 is 1.39 bits per heavy atom. The lowest BCUT2D eigenvalue weighted by molar-refractivity contribution is 0.568. The van der Waals surface area contributed by atoms with Crippen LogP contribution in [0.2, 0.25) is 10.0 Å². The van der Waals surface area contributed by atoms with Crippen LogP contribution in [0.3, 0.4) is 0 Å². The van der Waals surface area contributed by atoms with Gasteiger partial charge >= 0.3 is 0 Å². The molecule has 0 aliphatic heterocycles. The van der Waals surface area contributed by atoms with E-state index in [-0.39, 0.29) is 11.1 Å². The maximum atomic E-state index is 13.4. The largest absolute Gasteiger partial charge is 0.305 e. The summed E-state index contributed by atoms with van der Waals surface area (Å²) in [7, 11) is 0. The normalized spacial score (nSPS) is 12.7. The minimum absolute atomic E-state index is 0.0402. The molecule has 0 radical (unpaired) electrons. The second kappa shape index (κ2) is 5.97. The Hall–Kier alpha value is -0.680. The number of benzene rings is 1. The highest BCUT2D eigenvalue weighted by Gasteiger charge is 2.13. The molecule has 0 spiro atoms. The summed E-state index contributed by atoms with van der Waals surface area (Å²) >= 11 is 13.3. The van der Waals surface area contributed by atoms with Crippen LogP contribution in [0.25, 0.3) is 0 Å². The van der Waals surface area contributed by atoms with Gasteiger partial charge in [0.2, 0.25) is 0 Å². The van der Waals surface area contributed by atoms with Gasteiger partial charge in [0.05, 0.1) is 10.5 Å². The quantitative estimate of drug-likeness (QED) is 0.845. The molecule has 1 heterocycles. The van der Waals surface area contributed by atoms with Crippen molar-refractivity contribution in [1.29, 1.82) is 0 Å². The number of halogens is 3. The lowest BCUT2D eigenvalue weighted by Crippen LogP contribution is -2.18. The first kappa shape index (κ1) is 13.7. The van der Waals surface area contributed by atoms with Gasteiger partial charge in [0.25, 0.3) is 0 Å². The van der Waals surface area contributed by atoms with Crippen LogP contribution in [0.4, 0.5) is 4.39 Å². The summed E-state index contributed by atoms with van der Waals surface area (Å²) in [6.45, 7) is 2.60. The van der Waals surface area contributed by atoms with E-state index in [1.165, 1.54) is 12.1 Å². The topological polar surface area (TPSA) is 24.9 Å².